The molecule has 2 aromatic rings. The van der Waals surface area contributed by atoms with Gasteiger partial charge in [0.25, 0.3) is 0 Å². The van der Waals surface area contributed by atoms with Crippen LogP contribution in [-0.2, 0) is 0 Å². The molecule has 3 heteroatoms. The van der Waals surface area contributed by atoms with Gasteiger partial charge in [0, 0.05) is 25.8 Å². The molecule has 3 nitrogen and oxygen atoms in total. The fourth-order valence-corrected chi connectivity index (χ4v) is 2.15. The Morgan fingerprint density at radius 3 is 2.21 bits per heavy atom. The highest BCUT2D eigenvalue weighted by Gasteiger charge is 2.12. The van der Waals surface area contributed by atoms with Crippen LogP contribution in [0.4, 0.5) is 5.69 Å². The van der Waals surface area contributed by atoms with Crippen LogP contribution in [0.25, 0.3) is 0 Å². The van der Waals surface area contributed by atoms with Crippen molar-refractivity contribution >= 4 is 5.69 Å². The Morgan fingerprint density at radius 1 is 1.00 bits per heavy atom. The van der Waals surface area contributed by atoms with Crippen molar-refractivity contribution in [1.29, 1.82) is 0 Å². The summed E-state index contributed by atoms with van der Waals surface area (Å²) < 4.78 is 5.41. The summed E-state index contributed by atoms with van der Waals surface area (Å²) in [6, 6.07) is 13.0. The molecule has 1 N–H and O–H groups in total. The third-order valence-corrected chi connectivity index (χ3v) is 3.38. The first-order valence-corrected chi connectivity index (χ1v) is 6.64. The molecule has 0 spiro atoms. The summed E-state index contributed by atoms with van der Waals surface area (Å²) in [7, 11) is 4.10. The number of hydrogen-bond donors (Lipinski definition) is 1. The molecule has 0 aliphatic carbocycles. The van der Waals surface area contributed by atoms with Crippen LogP contribution in [0.1, 0.15) is 37.3 Å². The van der Waals surface area contributed by atoms with Gasteiger partial charge in [-0.05, 0) is 43.7 Å². The number of rotatable bonds is 5. The maximum Gasteiger partial charge on any atom is 0.120 e. The van der Waals surface area contributed by atoms with Crippen LogP contribution in [0.3, 0.4) is 0 Å². The third-order valence-electron chi connectivity index (χ3n) is 3.38. The molecule has 0 bridgehead atoms. The van der Waals surface area contributed by atoms with Crippen molar-refractivity contribution in [1.82, 2.24) is 5.32 Å². The third kappa shape index (κ3) is 3.38. The van der Waals surface area contributed by atoms with E-state index in [9.17, 15) is 0 Å². The van der Waals surface area contributed by atoms with E-state index in [0.717, 1.165) is 5.76 Å². The van der Waals surface area contributed by atoms with Crippen molar-refractivity contribution in [2.24, 2.45) is 0 Å². The second kappa shape index (κ2) is 5.93. The predicted octanol–water partition coefficient (Wildman–Crippen LogP) is 3.76. The van der Waals surface area contributed by atoms with Gasteiger partial charge >= 0.3 is 0 Å². The minimum absolute atomic E-state index is 0.207. The van der Waals surface area contributed by atoms with Crippen LogP contribution in [0.5, 0.6) is 0 Å². The summed E-state index contributed by atoms with van der Waals surface area (Å²) in [5.41, 5.74) is 2.50. The van der Waals surface area contributed by atoms with E-state index >= 15 is 0 Å². The van der Waals surface area contributed by atoms with Crippen LogP contribution in [0.15, 0.2) is 47.1 Å². The van der Waals surface area contributed by atoms with E-state index in [2.05, 4.69) is 62.4 Å². The number of benzene rings is 1. The Morgan fingerprint density at radius 2 is 1.68 bits per heavy atom. The second-order valence-electron chi connectivity index (χ2n) is 5.11. The van der Waals surface area contributed by atoms with E-state index < -0.39 is 0 Å². The van der Waals surface area contributed by atoms with Gasteiger partial charge in [-0.15, -0.1) is 0 Å². The van der Waals surface area contributed by atoms with Crippen molar-refractivity contribution in [2.45, 2.75) is 25.9 Å². The molecular formula is C16H22N2O. The van der Waals surface area contributed by atoms with Gasteiger partial charge in [-0.3, -0.25) is 0 Å². The number of anilines is 1. The van der Waals surface area contributed by atoms with Crippen LogP contribution < -0.4 is 10.2 Å². The molecule has 1 unspecified atom stereocenters. The molecule has 2 rings (SSSR count). The fraction of sp³-hybridized carbons (Fsp3) is 0.375. The topological polar surface area (TPSA) is 28.4 Å². The number of furan rings is 1. The summed E-state index contributed by atoms with van der Waals surface area (Å²) in [6.07, 6.45) is 1.71. The highest BCUT2D eigenvalue weighted by Crippen LogP contribution is 2.21. The lowest BCUT2D eigenvalue weighted by Crippen LogP contribution is -2.22. The smallest absolute Gasteiger partial charge is 0.120 e. The van der Waals surface area contributed by atoms with Crippen LogP contribution >= 0.6 is 0 Å². The Kier molecular flexibility index (Phi) is 4.27. The monoisotopic (exact) mass is 258 g/mol. The Balaban J connectivity index is 2.01. The van der Waals surface area contributed by atoms with E-state index in [0.29, 0.717) is 0 Å². The average molecular weight is 258 g/mol. The quantitative estimate of drug-likeness (QED) is 0.885. The molecule has 102 valence electrons. The van der Waals surface area contributed by atoms with Gasteiger partial charge in [0.05, 0.1) is 12.3 Å². The zero-order valence-corrected chi connectivity index (χ0v) is 12.1. The minimum Gasteiger partial charge on any atom is -0.468 e. The summed E-state index contributed by atoms with van der Waals surface area (Å²) in [5, 5.41) is 3.54. The average Bonchev–Trinajstić information content (AvgIpc) is 2.92. The highest BCUT2D eigenvalue weighted by atomic mass is 16.3. The van der Waals surface area contributed by atoms with E-state index in [4.69, 9.17) is 4.42 Å². The first kappa shape index (κ1) is 13.7. The fourth-order valence-electron chi connectivity index (χ4n) is 2.15. The molecule has 0 saturated carbocycles. The van der Waals surface area contributed by atoms with Crippen molar-refractivity contribution in [3.63, 3.8) is 0 Å². The molecule has 2 atom stereocenters. The Hall–Kier alpha value is -1.74. The SMILES string of the molecule is CC(N[C@@H](C)c1ccco1)c1ccc(N(C)C)cc1. The molecular weight excluding hydrogens is 236 g/mol. The number of hydrogen-bond acceptors (Lipinski definition) is 3. The standard InChI is InChI=1S/C16H22N2O/c1-12(17-13(2)16-6-5-11-19-16)14-7-9-15(10-8-14)18(3)4/h5-13,17H,1-4H3/t12?,13-/m0/s1. The van der Waals surface area contributed by atoms with Crippen molar-refractivity contribution in [3.8, 4) is 0 Å². The van der Waals surface area contributed by atoms with E-state index in [1.54, 1.807) is 6.26 Å². The van der Waals surface area contributed by atoms with Crippen molar-refractivity contribution < 1.29 is 4.42 Å². The second-order valence-corrected chi connectivity index (χ2v) is 5.11. The summed E-state index contributed by atoms with van der Waals surface area (Å²) in [4.78, 5) is 2.10. The summed E-state index contributed by atoms with van der Waals surface area (Å²) in [5.74, 6) is 0.969. The Bertz CT molecular complexity index is 488. The number of nitrogens with zero attached hydrogens (tertiary/aromatic N) is 1. The van der Waals surface area contributed by atoms with E-state index in [-0.39, 0.29) is 12.1 Å². The zero-order chi connectivity index (χ0) is 13.8. The lowest BCUT2D eigenvalue weighted by Gasteiger charge is -2.20. The van der Waals surface area contributed by atoms with Gasteiger partial charge in [0.2, 0.25) is 0 Å². The van der Waals surface area contributed by atoms with E-state index in [1.807, 2.05) is 12.1 Å². The molecule has 0 aliphatic heterocycles. The van der Waals surface area contributed by atoms with E-state index in [1.165, 1.54) is 11.3 Å². The van der Waals surface area contributed by atoms with Gasteiger partial charge in [-0.1, -0.05) is 12.1 Å². The van der Waals surface area contributed by atoms with Gasteiger partial charge < -0.3 is 14.6 Å². The van der Waals surface area contributed by atoms with Gasteiger partial charge in [-0.2, -0.15) is 0 Å². The van der Waals surface area contributed by atoms with Crippen LogP contribution in [0, 0.1) is 0 Å². The molecule has 1 aromatic carbocycles. The molecule has 0 radical (unpaired) electrons. The lowest BCUT2D eigenvalue weighted by molar-refractivity contribution is 0.403. The predicted molar refractivity (Wildman–Crippen MR) is 79.4 cm³/mol. The first-order valence-electron chi connectivity index (χ1n) is 6.64. The molecule has 0 saturated heterocycles. The summed E-state index contributed by atoms with van der Waals surface area (Å²) >= 11 is 0. The van der Waals surface area contributed by atoms with Crippen molar-refractivity contribution in [3.05, 3.63) is 54.0 Å². The van der Waals surface area contributed by atoms with Gasteiger partial charge in [-0.25, -0.2) is 0 Å². The maximum atomic E-state index is 5.41. The van der Waals surface area contributed by atoms with Crippen LogP contribution in [0.2, 0.25) is 0 Å². The Labute approximate surface area is 115 Å². The highest BCUT2D eigenvalue weighted by molar-refractivity contribution is 5.46. The maximum absolute atomic E-state index is 5.41. The minimum atomic E-state index is 0.207. The van der Waals surface area contributed by atoms with Gasteiger partial charge in [0.1, 0.15) is 5.76 Å². The molecule has 0 fully saturated rings. The molecule has 1 heterocycles. The van der Waals surface area contributed by atoms with Gasteiger partial charge in [0.15, 0.2) is 0 Å². The largest absolute Gasteiger partial charge is 0.468 e. The molecule has 19 heavy (non-hydrogen) atoms. The molecule has 1 aromatic heterocycles. The lowest BCUT2D eigenvalue weighted by atomic mass is 10.1. The van der Waals surface area contributed by atoms with Crippen LogP contribution in [-0.4, -0.2) is 14.1 Å². The zero-order valence-electron chi connectivity index (χ0n) is 12.1. The number of nitrogens with one attached hydrogen (secondary N) is 1. The first-order chi connectivity index (χ1) is 9.08. The molecule has 0 amide bonds. The molecule has 0 aliphatic rings. The normalized spacial score (nSPS) is 14.1. The summed E-state index contributed by atoms with van der Waals surface area (Å²) in [6.45, 7) is 4.29. The van der Waals surface area contributed by atoms with Crippen molar-refractivity contribution in [2.75, 3.05) is 19.0 Å².